The molecule has 2 atom stereocenters. The Balaban J connectivity index is 2.12. The van der Waals surface area contributed by atoms with Gasteiger partial charge < -0.3 is 14.7 Å². The number of carbonyl (C=O) groups excluding carboxylic acids is 1. The number of ether oxygens (including phenoxy) is 1. The second-order valence-corrected chi connectivity index (χ2v) is 5.66. The first-order valence-corrected chi connectivity index (χ1v) is 7.04. The van der Waals surface area contributed by atoms with E-state index in [0.717, 1.165) is 0 Å². The van der Waals surface area contributed by atoms with E-state index >= 15 is 0 Å². The van der Waals surface area contributed by atoms with Gasteiger partial charge in [0.05, 0.1) is 12.0 Å². The second-order valence-electron chi connectivity index (χ2n) is 5.66. The van der Waals surface area contributed by atoms with Gasteiger partial charge in [-0.25, -0.2) is 4.98 Å². The van der Waals surface area contributed by atoms with Crippen LogP contribution in [0.3, 0.4) is 0 Å². The van der Waals surface area contributed by atoms with Crippen molar-refractivity contribution in [3.05, 3.63) is 23.9 Å². The summed E-state index contributed by atoms with van der Waals surface area (Å²) in [5, 5.41) is 9.12. The van der Waals surface area contributed by atoms with E-state index in [1.54, 1.807) is 23.1 Å². The molecule has 0 unspecified atom stereocenters. The van der Waals surface area contributed by atoms with Gasteiger partial charge in [-0.2, -0.15) is 0 Å². The Morgan fingerprint density at radius 2 is 2.10 bits per heavy atom. The van der Waals surface area contributed by atoms with Crippen molar-refractivity contribution in [2.75, 3.05) is 13.1 Å². The van der Waals surface area contributed by atoms with E-state index < -0.39 is 11.9 Å². The molecule has 2 heterocycles. The number of pyridine rings is 1. The molecule has 2 rings (SSSR count). The molecule has 21 heavy (non-hydrogen) atoms. The molecule has 1 aromatic rings. The number of amides is 1. The highest BCUT2D eigenvalue weighted by Crippen LogP contribution is 2.24. The van der Waals surface area contributed by atoms with Crippen LogP contribution in [-0.2, 0) is 4.79 Å². The zero-order valence-electron chi connectivity index (χ0n) is 12.4. The van der Waals surface area contributed by atoms with Crippen LogP contribution in [-0.4, -0.2) is 46.1 Å². The number of carbonyl (C=O) groups is 2. The van der Waals surface area contributed by atoms with Crippen molar-refractivity contribution in [2.24, 2.45) is 11.8 Å². The number of nitrogens with zero attached hydrogens (tertiary/aromatic N) is 2. The van der Waals surface area contributed by atoms with E-state index in [-0.39, 0.29) is 30.2 Å². The molecule has 1 aromatic heterocycles. The molecular weight excluding hydrogens is 272 g/mol. The van der Waals surface area contributed by atoms with Gasteiger partial charge >= 0.3 is 5.97 Å². The van der Waals surface area contributed by atoms with Gasteiger partial charge in [0.2, 0.25) is 5.88 Å². The minimum absolute atomic E-state index is 0.0222. The average molecular weight is 292 g/mol. The summed E-state index contributed by atoms with van der Waals surface area (Å²) in [6.07, 6.45) is -0.0222. The smallest absolute Gasteiger partial charge is 0.308 e. The highest BCUT2D eigenvalue weighted by molar-refractivity contribution is 5.93. The van der Waals surface area contributed by atoms with Gasteiger partial charge in [0.1, 0.15) is 5.69 Å². The van der Waals surface area contributed by atoms with Gasteiger partial charge in [-0.15, -0.1) is 0 Å². The van der Waals surface area contributed by atoms with Crippen LogP contribution in [0.15, 0.2) is 18.2 Å². The minimum Gasteiger partial charge on any atom is -0.481 e. The Hall–Kier alpha value is -2.11. The topological polar surface area (TPSA) is 79.7 Å². The number of carboxylic acids is 1. The fourth-order valence-electron chi connectivity index (χ4n) is 2.46. The first kappa shape index (κ1) is 15.3. The number of rotatable bonds is 4. The van der Waals surface area contributed by atoms with Crippen molar-refractivity contribution in [3.63, 3.8) is 0 Å². The van der Waals surface area contributed by atoms with Gasteiger partial charge in [-0.05, 0) is 25.8 Å². The number of hydrogen-bond acceptors (Lipinski definition) is 4. The third kappa shape index (κ3) is 3.51. The fourth-order valence-corrected chi connectivity index (χ4v) is 2.46. The van der Waals surface area contributed by atoms with Crippen molar-refractivity contribution in [2.45, 2.75) is 26.9 Å². The molecule has 6 nitrogen and oxygen atoms in total. The summed E-state index contributed by atoms with van der Waals surface area (Å²) >= 11 is 0. The van der Waals surface area contributed by atoms with Crippen LogP contribution in [0.1, 0.15) is 31.3 Å². The zero-order valence-corrected chi connectivity index (χ0v) is 12.4. The molecule has 1 N–H and O–H groups in total. The van der Waals surface area contributed by atoms with Crippen LogP contribution in [0.4, 0.5) is 0 Å². The quantitative estimate of drug-likeness (QED) is 0.913. The summed E-state index contributed by atoms with van der Waals surface area (Å²) in [6.45, 7) is 6.28. The lowest BCUT2D eigenvalue weighted by molar-refractivity contribution is -0.142. The van der Waals surface area contributed by atoms with E-state index in [4.69, 9.17) is 9.84 Å². The van der Waals surface area contributed by atoms with Gasteiger partial charge in [0.25, 0.3) is 5.91 Å². The van der Waals surface area contributed by atoms with Gasteiger partial charge in [-0.3, -0.25) is 9.59 Å². The summed E-state index contributed by atoms with van der Waals surface area (Å²) in [5.74, 6) is -1.27. The minimum atomic E-state index is -0.859. The van der Waals surface area contributed by atoms with Crippen molar-refractivity contribution in [3.8, 4) is 5.88 Å². The van der Waals surface area contributed by atoms with Gasteiger partial charge in [-0.1, -0.05) is 13.0 Å². The van der Waals surface area contributed by atoms with E-state index in [1.807, 2.05) is 20.8 Å². The number of likely N-dealkylation sites (tertiary alicyclic amines) is 1. The molecule has 1 aliphatic heterocycles. The molecule has 0 radical (unpaired) electrons. The van der Waals surface area contributed by atoms with E-state index in [2.05, 4.69) is 4.98 Å². The van der Waals surface area contributed by atoms with Gasteiger partial charge in [0.15, 0.2) is 0 Å². The van der Waals surface area contributed by atoms with Crippen LogP contribution >= 0.6 is 0 Å². The maximum absolute atomic E-state index is 12.4. The van der Waals surface area contributed by atoms with Crippen molar-refractivity contribution in [1.29, 1.82) is 0 Å². The number of hydrogen-bond donors (Lipinski definition) is 1. The Morgan fingerprint density at radius 1 is 1.38 bits per heavy atom. The number of aromatic nitrogens is 1. The highest BCUT2D eigenvalue weighted by Gasteiger charge is 2.37. The van der Waals surface area contributed by atoms with Crippen LogP contribution in [0.5, 0.6) is 5.88 Å². The molecule has 0 saturated carbocycles. The average Bonchev–Trinajstić information content (AvgIpc) is 2.79. The molecule has 1 amide bonds. The SMILES string of the molecule is CC(C)Oc1cccc(C(=O)N2C[C@@H](C)[C@H](C(=O)O)C2)n1. The molecular formula is C15H20N2O4. The van der Waals surface area contributed by atoms with E-state index in [1.165, 1.54) is 0 Å². The Morgan fingerprint density at radius 3 is 2.67 bits per heavy atom. The zero-order chi connectivity index (χ0) is 15.6. The van der Waals surface area contributed by atoms with E-state index in [0.29, 0.717) is 12.4 Å². The monoisotopic (exact) mass is 292 g/mol. The predicted molar refractivity (Wildman–Crippen MR) is 76.2 cm³/mol. The summed E-state index contributed by atoms with van der Waals surface area (Å²) in [5.41, 5.74) is 0.284. The lowest BCUT2D eigenvalue weighted by atomic mass is 9.99. The summed E-state index contributed by atoms with van der Waals surface area (Å²) in [4.78, 5) is 29.3. The maximum atomic E-state index is 12.4. The van der Waals surface area contributed by atoms with Crippen molar-refractivity contribution >= 4 is 11.9 Å². The molecule has 0 aliphatic carbocycles. The Bertz CT molecular complexity index is 544. The van der Waals surface area contributed by atoms with Crippen molar-refractivity contribution in [1.82, 2.24) is 9.88 Å². The first-order valence-electron chi connectivity index (χ1n) is 7.04. The van der Waals surface area contributed by atoms with Crippen LogP contribution < -0.4 is 4.74 Å². The van der Waals surface area contributed by atoms with Gasteiger partial charge in [0, 0.05) is 19.2 Å². The fraction of sp³-hybridized carbons (Fsp3) is 0.533. The standard InChI is InChI=1S/C15H20N2O4/c1-9(2)21-13-6-4-5-12(16-13)14(18)17-7-10(3)11(8-17)15(19)20/h4-6,9-11H,7-8H2,1-3H3,(H,19,20)/t10-,11-/m1/s1. The largest absolute Gasteiger partial charge is 0.481 e. The molecule has 0 bridgehead atoms. The van der Waals surface area contributed by atoms with Crippen molar-refractivity contribution < 1.29 is 19.4 Å². The van der Waals surface area contributed by atoms with Crippen LogP contribution in [0, 0.1) is 11.8 Å². The highest BCUT2D eigenvalue weighted by atomic mass is 16.5. The summed E-state index contributed by atoms with van der Waals surface area (Å²) in [6, 6.07) is 5.03. The molecule has 0 aromatic carbocycles. The first-order chi connectivity index (χ1) is 9.88. The van der Waals surface area contributed by atoms with Crippen LogP contribution in [0.2, 0.25) is 0 Å². The van der Waals surface area contributed by atoms with E-state index in [9.17, 15) is 9.59 Å². The third-order valence-electron chi connectivity index (χ3n) is 3.52. The molecule has 114 valence electrons. The van der Waals surface area contributed by atoms with Crippen LogP contribution in [0.25, 0.3) is 0 Å². The Kier molecular flexibility index (Phi) is 4.45. The maximum Gasteiger partial charge on any atom is 0.308 e. The number of carboxylic acid groups (broad SMARTS) is 1. The number of aliphatic carboxylic acids is 1. The molecule has 6 heteroatoms. The predicted octanol–water partition coefficient (Wildman–Crippen LogP) is 1.66. The summed E-state index contributed by atoms with van der Waals surface area (Å²) in [7, 11) is 0. The molecule has 0 spiro atoms. The normalized spacial score (nSPS) is 21.6. The second kappa shape index (κ2) is 6.11. The lowest BCUT2D eigenvalue weighted by Gasteiger charge is -2.16. The lowest BCUT2D eigenvalue weighted by Crippen LogP contribution is -2.30. The third-order valence-corrected chi connectivity index (χ3v) is 3.52. The summed E-state index contributed by atoms with van der Waals surface area (Å²) < 4.78 is 5.47. The molecule has 1 aliphatic rings. The molecule has 1 saturated heterocycles. The molecule has 1 fully saturated rings. The Labute approximate surface area is 123 Å².